The van der Waals surface area contributed by atoms with Crippen LogP contribution < -0.4 is 4.74 Å². The van der Waals surface area contributed by atoms with E-state index in [4.69, 9.17) is 4.74 Å². The second-order valence-corrected chi connectivity index (χ2v) is 7.84. The van der Waals surface area contributed by atoms with Crippen molar-refractivity contribution in [3.8, 4) is 22.9 Å². The highest BCUT2D eigenvalue weighted by molar-refractivity contribution is 5.64. The molecule has 0 heterocycles. The summed E-state index contributed by atoms with van der Waals surface area (Å²) >= 11 is 0. The van der Waals surface area contributed by atoms with Crippen LogP contribution in [-0.4, -0.2) is 6.61 Å². The average Bonchev–Trinajstić information content (AvgIpc) is 2.75. The number of unbranched alkanes of at least 4 members (excludes halogenated alkanes) is 4. The number of rotatable bonds is 12. The molecule has 0 bridgehead atoms. The van der Waals surface area contributed by atoms with Crippen molar-refractivity contribution in [2.24, 2.45) is 5.92 Å². The van der Waals surface area contributed by atoms with Crippen LogP contribution in [0.1, 0.15) is 77.2 Å². The third-order valence-electron chi connectivity index (χ3n) is 5.51. The second kappa shape index (κ2) is 12.2. The van der Waals surface area contributed by atoms with E-state index in [0.717, 1.165) is 37.2 Å². The molecule has 0 amide bonds. The third kappa shape index (κ3) is 7.04. The molecule has 0 fully saturated rings. The lowest BCUT2D eigenvalue weighted by Crippen LogP contribution is -2.02. The van der Waals surface area contributed by atoms with Gasteiger partial charge < -0.3 is 4.74 Å². The minimum absolute atomic E-state index is 0.0166. The third-order valence-corrected chi connectivity index (χ3v) is 5.51. The zero-order valence-corrected chi connectivity index (χ0v) is 17.8. The Kier molecular flexibility index (Phi) is 9.63. The molecule has 0 spiro atoms. The molecule has 0 aliphatic rings. The summed E-state index contributed by atoms with van der Waals surface area (Å²) in [6, 6.07) is 19.3. The van der Waals surface area contributed by atoms with Crippen LogP contribution in [0.15, 0.2) is 48.5 Å². The summed E-state index contributed by atoms with van der Waals surface area (Å²) in [4.78, 5) is 0. The van der Waals surface area contributed by atoms with Crippen molar-refractivity contribution in [1.82, 2.24) is 0 Å². The molecule has 0 aliphatic heterocycles. The number of ether oxygens (including phenoxy) is 1. The molecule has 2 nitrogen and oxygen atoms in total. The Morgan fingerprint density at radius 1 is 0.857 bits per heavy atom. The molecule has 0 N–H and O–H groups in total. The van der Waals surface area contributed by atoms with Crippen LogP contribution in [0.2, 0.25) is 0 Å². The topological polar surface area (TPSA) is 33.0 Å². The molecule has 2 rings (SSSR count). The molecule has 0 saturated heterocycles. The Balaban J connectivity index is 1.90. The molecule has 0 saturated carbocycles. The van der Waals surface area contributed by atoms with Gasteiger partial charge in [-0.2, -0.15) is 5.26 Å². The smallest absolute Gasteiger partial charge is 0.119 e. The van der Waals surface area contributed by atoms with E-state index in [-0.39, 0.29) is 5.92 Å². The first kappa shape index (κ1) is 22.0. The van der Waals surface area contributed by atoms with Gasteiger partial charge in [0, 0.05) is 0 Å². The first-order valence-electron chi connectivity index (χ1n) is 10.9. The molecule has 2 heteroatoms. The predicted molar refractivity (Wildman–Crippen MR) is 119 cm³/mol. The first-order chi connectivity index (χ1) is 13.7. The summed E-state index contributed by atoms with van der Waals surface area (Å²) in [5.74, 6) is 1.49. The van der Waals surface area contributed by atoms with E-state index in [1.54, 1.807) is 0 Å². The summed E-state index contributed by atoms with van der Waals surface area (Å²) in [6.45, 7) is 7.43. The van der Waals surface area contributed by atoms with Gasteiger partial charge in [-0.25, -0.2) is 0 Å². The van der Waals surface area contributed by atoms with Crippen molar-refractivity contribution in [2.45, 2.75) is 71.6 Å². The summed E-state index contributed by atoms with van der Waals surface area (Å²) < 4.78 is 5.85. The van der Waals surface area contributed by atoms with Gasteiger partial charge in [0.25, 0.3) is 0 Å². The fourth-order valence-electron chi connectivity index (χ4n) is 3.38. The van der Waals surface area contributed by atoms with Gasteiger partial charge in [0.1, 0.15) is 5.75 Å². The lowest BCUT2D eigenvalue weighted by atomic mass is 9.89. The van der Waals surface area contributed by atoms with Crippen LogP contribution >= 0.6 is 0 Å². The van der Waals surface area contributed by atoms with Gasteiger partial charge in [0.2, 0.25) is 0 Å². The number of nitrogens with zero attached hydrogens (tertiary/aromatic N) is 1. The molecule has 28 heavy (non-hydrogen) atoms. The van der Waals surface area contributed by atoms with E-state index >= 15 is 0 Å². The van der Waals surface area contributed by atoms with Crippen molar-refractivity contribution >= 4 is 0 Å². The van der Waals surface area contributed by atoms with Crippen molar-refractivity contribution in [3.63, 3.8) is 0 Å². The molecule has 2 atom stereocenters. The van der Waals surface area contributed by atoms with E-state index in [2.05, 4.69) is 75.4 Å². The molecular formula is C26H35NO. The van der Waals surface area contributed by atoms with Crippen LogP contribution in [0.4, 0.5) is 0 Å². The number of nitriles is 1. The highest BCUT2D eigenvalue weighted by Gasteiger charge is 2.14. The molecule has 2 aromatic rings. The highest BCUT2D eigenvalue weighted by Crippen LogP contribution is 2.28. The second-order valence-electron chi connectivity index (χ2n) is 7.84. The van der Waals surface area contributed by atoms with E-state index in [1.807, 2.05) is 0 Å². The molecular weight excluding hydrogens is 342 g/mol. The number of benzene rings is 2. The molecule has 0 aliphatic carbocycles. The molecule has 0 radical (unpaired) electrons. The quantitative estimate of drug-likeness (QED) is 0.354. The fraction of sp³-hybridized carbons (Fsp3) is 0.500. The van der Waals surface area contributed by atoms with Crippen molar-refractivity contribution < 1.29 is 4.74 Å². The number of hydrogen-bond acceptors (Lipinski definition) is 2. The Morgan fingerprint density at radius 2 is 1.46 bits per heavy atom. The van der Waals surface area contributed by atoms with Crippen LogP contribution in [-0.2, 0) is 0 Å². The lowest BCUT2D eigenvalue weighted by Gasteiger charge is -2.14. The van der Waals surface area contributed by atoms with Crippen LogP contribution in [0.25, 0.3) is 11.1 Å². The van der Waals surface area contributed by atoms with Crippen molar-refractivity contribution in [1.29, 1.82) is 5.26 Å². The minimum Gasteiger partial charge on any atom is -0.494 e. The van der Waals surface area contributed by atoms with Crippen LogP contribution in [0, 0.1) is 17.2 Å². The van der Waals surface area contributed by atoms with Crippen molar-refractivity contribution in [2.75, 3.05) is 6.61 Å². The van der Waals surface area contributed by atoms with Crippen LogP contribution in [0.5, 0.6) is 5.75 Å². The van der Waals surface area contributed by atoms with Gasteiger partial charge in [0.15, 0.2) is 0 Å². The summed E-state index contributed by atoms with van der Waals surface area (Å²) in [6.07, 6.45) is 8.32. The molecule has 2 aromatic carbocycles. The van der Waals surface area contributed by atoms with Gasteiger partial charge in [0.05, 0.1) is 18.6 Å². The lowest BCUT2D eigenvalue weighted by molar-refractivity contribution is 0.304. The van der Waals surface area contributed by atoms with E-state index in [9.17, 15) is 5.26 Å². The Morgan fingerprint density at radius 3 is 2.04 bits per heavy atom. The Hall–Kier alpha value is -2.27. The van der Waals surface area contributed by atoms with Gasteiger partial charge in [-0.05, 0) is 47.6 Å². The summed E-state index contributed by atoms with van der Waals surface area (Å²) in [5.41, 5.74) is 3.47. The van der Waals surface area contributed by atoms with E-state index in [1.165, 1.54) is 36.8 Å². The fourth-order valence-corrected chi connectivity index (χ4v) is 3.38. The predicted octanol–water partition coefficient (Wildman–Crippen LogP) is 7.75. The first-order valence-corrected chi connectivity index (χ1v) is 10.9. The van der Waals surface area contributed by atoms with E-state index in [0.29, 0.717) is 5.92 Å². The van der Waals surface area contributed by atoms with Gasteiger partial charge in [-0.15, -0.1) is 0 Å². The zero-order chi connectivity index (χ0) is 20.2. The maximum absolute atomic E-state index is 9.51. The monoisotopic (exact) mass is 377 g/mol. The van der Waals surface area contributed by atoms with Gasteiger partial charge >= 0.3 is 0 Å². The largest absolute Gasteiger partial charge is 0.494 e. The average molecular weight is 378 g/mol. The maximum atomic E-state index is 9.51. The summed E-state index contributed by atoms with van der Waals surface area (Å²) in [5, 5.41) is 9.51. The van der Waals surface area contributed by atoms with E-state index < -0.39 is 0 Å². The van der Waals surface area contributed by atoms with Gasteiger partial charge in [-0.3, -0.25) is 0 Å². The molecule has 2 unspecified atom stereocenters. The van der Waals surface area contributed by atoms with Crippen LogP contribution in [0.3, 0.4) is 0 Å². The number of hydrogen-bond donors (Lipinski definition) is 0. The highest BCUT2D eigenvalue weighted by atomic mass is 16.5. The molecule has 150 valence electrons. The standard InChI is InChI=1S/C26H35NO/c1-4-6-7-8-9-18-28-26-16-14-23(15-17-26)22-10-12-24(13-11-22)25(20-27)19-21(3)5-2/h10-17,21,25H,4-9,18-19H2,1-3H3. The Bertz CT molecular complexity index is 712. The summed E-state index contributed by atoms with van der Waals surface area (Å²) in [7, 11) is 0. The minimum atomic E-state index is -0.0166. The van der Waals surface area contributed by atoms with Gasteiger partial charge in [-0.1, -0.05) is 89.3 Å². The van der Waals surface area contributed by atoms with Crippen molar-refractivity contribution in [3.05, 3.63) is 54.1 Å². The SMILES string of the molecule is CCCCCCCOc1ccc(-c2ccc(C(C#N)CC(C)CC)cc2)cc1. The maximum Gasteiger partial charge on any atom is 0.119 e. The Labute approximate surface area is 171 Å². The zero-order valence-electron chi connectivity index (χ0n) is 17.8. The molecule has 0 aromatic heterocycles. The normalized spacial score (nSPS) is 12.9.